The minimum Gasteiger partial charge on any atom is -0.478 e. The Balaban J connectivity index is 1.71. The second-order valence-corrected chi connectivity index (χ2v) is 6.04. The summed E-state index contributed by atoms with van der Waals surface area (Å²) in [5.41, 5.74) is 2.94. The molecule has 0 atom stereocenters. The molecule has 1 aromatic carbocycles. The first kappa shape index (κ1) is 13.6. The lowest BCUT2D eigenvalue weighted by molar-refractivity contribution is 0.0696. The maximum Gasteiger partial charge on any atom is 0.335 e. The number of likely N-dealkylation sites (tertiary alicyclic amines) is 1. The van der Waals surface area contributed by atoms with Crippen LogP contribution in [0.2, 0.25) is 0 Å². The van der Waals surface area contributed by atoms with Crippen LogP contribution in [-0.2, 0) is 13.0 Å². The van der Waals surface area contributed by atoms with E-state index < -0.39 is 5.97 Å². The minimum atomic E-state index is -0.828. The molecule has 0 unspecified atom stereocenters. The highest BCUT2D eigenvalue weighted by atomic mass is 16.4. The normalized spacial score (nSPS) is 21.6. The lowest BCUT2D eigenvalue weighted by Crippen LogP contribution is -2.45. The van der Waals surface area contributed by atoms with Crippen LogP contribution in [0.1, 0.15) is 34.3 Å². The minimum absolute atomic E-state index is 0.413. The predicted molar refractivity (Wildman–Crippen MR) is 78.0 cm³/mol. The van der Waals surface area contributed by atoms with Crippen LogP contribution < -0.4 is 0 Å². The molecule has 1 N–H and O–H groups in total. The fourth-order valence-corrected chi connectivity index (χ4v) is 3.38. The Kier molecular flexibility index (Phi) is 3.76. The molecular weight excluding hydrogens is 252 g/mol. The average Bonchev–Trinajstić information content (AvgIpc) is 2.47. The fraction of sp³-hybridized carbons (Fsp3) is 0.562. The van der Waals surface area contributed by atoms with Gasteiger partial charge in [0.2, 0.25) is 0 Å². The lowest BCUT2D eigenvalue weighted by Gasteiger charge is -2.39. The summed E-state index contributed by atoms with van der Waals surface area (Å²) in [6, 6.07) is 6.28. The van der Waals surface area contributed by atoms with Gasteiger partial charge in [-0.1, -0.05) is 6.07 Å². The van der Waals surface area contributed by atoms with E-state index in [0.717, 1.165) is 19.5 Å². The third kappa shape index (κ3) is 2.72. The first-order valence-electron chi connectivity index (χ1n) is 7.41. The number of fused-ring (bicyclic) bond motifs is 1. The number of aromatic carboxylic acids is 1. The van der Waals surface area contributed by atoms with Crippen LogP contribution >= 0.6 is 0 Å². The lowest BCUT2D eigenvalue weighted by atomic mass is 9.94. The van der Waals surface area contributed by atoms with E-state index in [1.807, 2.05) is 12.1 Å². The standard InChI is InChI=1S/C16H22N2O2/c1-17-7-5-15(6-8-17)18-9-4-12-10-13(16(19)20)2-3-14(12)11-18/h2-3,10,15H,4-9,11H2,1H3,(H,19,20). The van der Waals surface area contributed by atoms with Gasteiger partial charge in [0, 0.05) is 19.1 Å². The van der Waals surface area contributed by atoms with Crippen LogP contribution in [0.3, 0.4) is 0 Å². The first-order valence-corrected chi connectivity index (χ1v) is 7.41. The molecule has 2 aliphatic rings. The van der Waals surface area contributed by atoms with Gasteiger partial charge in [-0.3, -0.25) is 4.90 Å². The molecule has 2 heterocycles. The van der Waals surface area contributed by atoms with Crippen LogP contribution in [0, 0.1) is 0 Å². The smallest absolute Gasteiger partial charge is 0.335 e. The van der Waals surface area contributed by atoms with E-state index in [9.17, 15) is 4.79 Å². The molecule has 20 heavy (non-hydrogen) atoms. The van der Waals surface area contributed by atoms with E-state index in [1.165, 1.54) is 37.1 Å². The Morgan fingerprint density at radius 3 is 2.65 bits per heavy atom. The Morgan fingerprint density at radius 1 is 1.20 bits per heavy atom. The van der Waals surface area contributed by atoms with Crippen LogP contribution in [0.25, 0.3) is 0 Å². The molecule has 108 valence electrons. The number of nitrogens with zero attached hydrogens (tertiary/aromatic N) is 2. The summed E-state index contributed by atoms with van der Waals surface area (Å²) in [7, 11) is 2.19. The third-order valence-electron chi connectivity index (χ3n) is 4.70. The van der Waals surface area contributed by atoms with Crippen LogP contribution in [-0.4, -0.2) is 53.6 Å². The number of hydrogen-bond donors (Lipinski definition) is 1. The van der Waals surface area contributed by atoms with Crippen molar-refractivity contribution in [3.8, 4) is 0 Å². The molecule has 0 radical (unpaired) electrons. The zero-order chi connectivity index (χ0) is 14.1. The second-order valence-electron chi connectivity index (χ2n) is 6.04. The molecule has 0 bridgehead atoms. The van der Waals surface area contributed by atoms with E-state index in [2.05, 4.69) is 16.8 Å². The number of hydrogen-bond acceptors (Lipinski definition) is 3. The summed E-state index contributed by atoms with van der Waals surface area (Å²) in [5.74, 6) is -0.828. The van der Waals surface area contributed by atoms with E-state index in [-0.39, 0.29) is 0 Å². The molecule has 0 spiro atoms. The van der Waals surface area contributed by atoms with Gasteiger partial charge in [-0.05, 0) is 62.7 Å². The zero-order valence-electron chi connectivity index (χ0n) is 12.0. The van der Waals surface area contributed by atoms with Gasteiger partial charge in [0.1, 0.15) is 0 Å². The molecule has 2 aliphatic heterocycles. The van der Waals surface area contributed by atoms with E-state index in [4.69, 9.17) is 5.11 Å². The van der Waals surface area contributed by atoms with E-state index in [1.54, 1.807) is 6.07 Å². The first-order chi connectivity index (χ1) is 9.63. The summed E-state index contributed by atoms with van der Waals surface area (Å²) in [5, 5.41) is 9.05. The number of carboxylic acid groups (broad SMARTS) is 1. The molecule has 4 heteroatoms. The van der Waals surface area contributed by atoms with Crippen molar-refractivity contribution in [1.29, 1.82) is 0 Å². The molecule has 3 rings (SSSR count). The van der Waals surface area contributed by atoms with Crippen molar-refractivity contribution in [2.24, 2.45) is 0 Å². The quantitative estimate of drug-likeness (QED) is 0.893. The Morgan fingerprint density at radius 2 is 1.95 bits per heavy atom. The van der Waals surface area contributed by atoms with Crippen LogP contribution in [0.15, 0.2) is 18.2 Å². The molecule has 0 saturated carbocycles. The van der Waals surface area contributed by atoms with Gasteiger partial charge in [0.25, 0.3) is 0 Å². The SMILES string of the molecule is CN1CCC(N2CCc3cc(C(=O)O)ccc3C2)CC1. The number of piperidine rings is 1. The van der Waals surface area contributed by atoms with Crippen LogP contribution in [0.4, 0.5) is 0 Å². The van der Waals surface area contributed by atoms with E-state index >= 15 is 0 Å². The summed E-state index contributed by atoms with van der Waals surface area (Å²) < 4.78 is 0. The summed E-state index contributed by atoms with van der Waals surface area (Å²) in [4.78, 5) is 16.0. The molecule has 4 nitrogen and oxygen atoms in total. The Bertz CT molecular complexity index is 507. The molecule has 0 amide bonds. The highest BCUT2D eigenvalue weighted by Gasteiger charge is 2.26. The van der Waals surface area contributed by atoms with Gasteiger partial charge < -0.3 is 10.0 Å². The van der Waals surface area contributed by atoms with Gasteiger partial charge >= 0.3 is 5.97 Å². The zero-order valence-corrected chi connectivity index (χ0v) is 12.0. The second kappa shape index (κ2) is 5.54. The topological polar surface area (TPSA) is 43.8 Å². The number of carboxylic acids is 1. The van der Waals surface area contributed by atoms with Gasteiger partial charge in [-0.15, -0.1) is 0 Å². The van der Waals surface area contributed by atoms with Crippen molar-refractivity contribution < 1.29 is 9.90 Å². The van der Waals surface area contributed by atoms with Crippen molar-refractivity contribution in [1.82, 2.24) is 9.80 Å². The van der Waals surface area contributed by atoms with Crippen molar-refractivity contribution in [3.63, 3.8) is 0 Å². The van der Waals surface area contributed by atoms with Crippen molar-refractivity contribution >= 4 is 5.97 Å². The molecule has 0 aliphatic carbocycles. The third-order valence-corrected chi connectivity index (χ3v) is 4.70. The highest BCUT2D eigenvalue weighted by Crippen LogP contribution is 2.25. The summed E-state index contributed by atoms with van der Waals surface area (Å²) in [6.07, 6.45) is 3.47. The van der Waals surface area contributed by atoms with Gasteiger partial charge in [-0.25, -0.2) is 4.79 Å². The Hall–Kier alpha value is -1.39. The monoisotopic (exact) mass is 274 g/mol. The van der Waals surface area contributed by atoms with Gasteiger partial charge in [0.05, 0.1) is 5.56 Å². The largest absolute Gasteiger partial charge is 0.478 e. The maximum absolute atomic E-state index is 11.0. The number of rotatable bonds is 2. The highest BCUT2D eigenvalue weighted by molar-refractivity contribution is 5.87. The van der Waals surface area contributed by atoms with Crippen molar-refractivity contribution in [2.75, 3.05) is 26.7 Å². The average molecular weight is 274 g/mol. The molecule has 0 aromatic heterocycles. The molecule has 1 aromatic rings. The number of benzene rings is 1. The van der Waals surface area contributed by atoms with Gasteiger partial charge in [0.15, 0.2) is 0 Å². The predicted octanol–water partition coefficient (Wildman–Crippen LogP) is 1.84. The van der Waals surface area contributed by atoms with Crippen molar-refractivity contribution in [2.45, 2.75) is 31.8 Å². The number of carbonyl (C=O) groups is 1. The maximum atomic E-state index is 11.0. The van der Waals surface area contributed by atoms with Crippen molar-refractivity contribution in [3.05, 3.63) is 34.9 Å². The van der Waals surface area contributed by atoms with Crippen LogP contribution in [0.5, 0.6) is 0 Å². The summed E-state index contributed by atoms with van der Waals surface area (Å²) >= 11 is 0. The summed E-state index contributed by atoms with van der Waals surface area (Å²) in [6.45, 7) is 4.41. The molecule has 1 saturated heterocycles. The molecule has 1 fully saturated rings. The molecular formula is C16H22N2O2. The Labute approximate surface area is 120 Å². The fourth-order valence-electron chi connectivity index (χ4n) is 3.38. The van der Waals surface area contributed by atoms with E-state index in [0.29, 0.717) is 11.6 Å². The van der Waals surface area contributed by atoms with Gasteiger partial charge in [-0.2, -0.15) is 0 Å².